The molecule has 3 heteroatoms. The fourth-order valence-corrected chi connectivity index (χ4v) is 3.61. The second kappa shape index (κ2) is 8.63. The van der Waals surface area contributed by atoms with Gasteiger partial charge in [-0.2, -0.15) is 0 Å². The quantitative estimate of drug-likeness (QED) is 0.463. The number of anilines is 1. The molecule has 3 aromatic carbocycles. The minimum absolute atomic E-state index is 0.143. The third kappa shape index (κ3) is 3.81. The molecular formula is C27H22N2O. The van der Waals surface area contributed by atoms with E-state index in [-0.39, 0.29) is 5.91 Å². The predicted molar refractivity (Wildman–Crippen MR) is 122 cm³/mol. The minimum atomic E-state index is -0.990. The number of nitrogens with zero attached hydrogens (tertiary/aromatic N) is 1. The van der Waals surface area contributed by atoms with Crippen molar-refractivity contribution in [3.63, 3.8) is 0 Å². The molecule has 1 atom stereocenters. The number of amides is 1. The molecule has 0 saturated heterocycles. The number of aromatic nitrogens is 1. The van der Waals surface area contributed by atoms with Crippen LogP contribution in [0.1, 0.15) is 24.6 Å². The zero-order valence-electron chi connectivity index (χ0n) is 16.8. The number of hydrogen-bond acceptors (Lipinski definition) is 2. The number of hydrogen-bond donors (Lipinski definition) is 1. The highest BCUT2D eigenvalue weighted by Gasteiger charge is 2.37. The van der Waals surface area contributed by atoms with Crippen molar-refractivity contribution in [3.8, 4) is 11.8 Å². The van der Waals surface area contributed by atoms with Crippen molar-refractivity contribution in [2.24, 2.45) is 0 Å². The van der Waals surface area contributed by atoms with Gasteiger partial charge in [-0.1, -0.05) is 85.6 Å². The summed E-state index contributed by atoms with van der Waals surface area (Å²) in [4.78, 5) is 18.0. The molecule has 0 aliphatic rings. The number of carbonyl (C=O) groups is 1. The third-order valence-electron chi connectivity index (χ3n) is 5.29. The Kier molecular flexibility index (Phi) is 5.59. The summed E-state index contributed by atoms with van der Waals surface area (Å²) >= 11 is 0. The van der Waals surface area contributed by atoms with Gasteiger partial charge >= 0.3 is 0 Å². The molecule has 3 nitrogen and oxygen atoms in total. The molecule has 1 aromatic heterocycles. The van der Waals surface area contributed by atoms with Crippen LogP contribution in [0.2, 0.25) is 0 Å². The van der Waals surface area contributed by atoms with Gasteiger partial charge in [-0.25, -0.2) is 4.98 Å². The number of nitrogens with one attached hydrogen (secondary N) is 1. The lowest BCUT2D eigenvalue weighted by Gasteiger charge is -2.27. The van der Waals surface area contributed by atoms with Gasteiger partial charge in [-0.15, -0.1) is 0 Å². The van der Waals surface area contributed by atoms with Crippen molar-refractivity contribution in [1.29, 1.82) is 0 Å². The largest absolute Gasteiger partial charge is 0.324 e. The Morgan fingerprint density at radius 2 is 1.63 bits per heavy atom. The highest BCUT2D eigenvalue weighted by atomic mass is 16.2. The molecule has 1 heterocycles. The van der Waals surface area contributed by atoms with Gasteiger partial charge in [0.05, 0.1) is 0 Å². The van der Waals surface area contributed by atoms with Crippen LogP contribution in [0.3, 0.4) is 0 Å². The van der Waals surface area contributed by atoms with Crippen LogP contribution >= 0.6 is 0 Å². The van der Waals surface area contributed by atoms with Crippen molar-refractivity contribution in [2.75, 3.05) is 5.32 Å². The second-order valence-electron chi connectivity index (χ2n) is 7.07. The topological polar surface area (TPSA) is 42.0 Å². The van der Waals surface area contributed by atoms with Crippen molar-refractivity contribution < 1.29 is 4.79 Å². The fourth-order valence-electron chi connectivity index (χ4n) is 3.61. The molecule has 0 spiro atoms. The van der Waals surface area contributed by atoms with Gasteiger partial charge in [0, 0.05) is 17.3 Å². The number of pyridine rings is 1. The molecule has 0 saturated carbocycles. The van der Waals surface area contributed by atoms with E-state index in [2.05, 4.69) is 22.1 Å². The Morgan fingerprint density at radius 3 is 2.40 bits per heavy atom. The monoisotopic (exact) mass is 390 g/mol. The summed E-state index contributed by atoms with van der Waals surface area (Å²) in [7, 11) is 0. The summed E-state index contributed by atoms with van der Waals surface area (Å²) < 4.78 is 0. The van der Waals surface area contributed by atoms with Crippen LogP contribution in [-0.4, -0.2) is 10.9 Å². The van der Waals surface area contributed by atoms with Crippen molar-refractivity contribution in [3.05, 3.63) is 108 Å². The molecule has 0 unspecified atom stereocenters. The first kappa shape index (κ1) is 19.4. The molecule has 0 aliphatic heterocycles. The van der Waals surface area contributed by atoms with E-state index in [1.165, 1.54) is 0 Å². The summed E-state index contributed by atoms with van der Waals surface area (Å²) in [5.74, 6) is 6.23. The smallest absolute Gasteiger partial charge is 0.247 e. The van der Waals surface area contributed by atoms with E-state index in [9.17, 15) is 4.79 Å². The Bertz CT molecular complexity index is 1220. The summed E-state index contributed by atoms with van der Waals surface area (Å²) in [6.45, 7) is 1.99. The summed E-state index contributed by atoms with van der Waals surface area (Å²) in [5, 5.41) is 5.23. The fraction of sp³-hybridized carbons (Fsp3) is 0.111. The van der Waals surface area contributed by atoms with E-state index in [0.29, 0.717) is 12.1 Å². The van der Waals surface area contributed by atoms with Crippen LogP contribution < -0.4 is 5.32 Å². The average molecular weight is 390 g/mol. The van der Waals surface area contributed by atoms with Crippen LogP contribution in [0.5, 0.6) is 0 Å². The molecule has 30 heavy (non-hydrogen) atoms. The molecule has 1 amide bonds. The number of rotatable bonds is 4. The van der Waals surface area contributed by atoms with E-state index in [1.54, 1.807) is 6.20 Å². The molecular weight excluding hydrogens is 368 g/mol. The number of benzene rings is 3. The van der Waals surface area contributed by atoms with Gasteiger partial charge in [0.25, 0.3) is 0 Å². The second-order valence-corrected chi connectivity index (χ2v) is 7.07. The minimum Gasteiger partial charge on any atom is -0.324 e. The van der Waals surface area contributed by atoms with Crippen molar-refractivity contribution >= 4 is 22.4 Å². The van der Waals surface area contributed by atoms with Gasteiger partial charge in [-0.3, -0.25) is 4.79 Å². The maximum absolute atomic E-state index is 13.7. The summed E-state index contributed by atoms with van der Waals surface area (Å²) in [6.07, 6.45) is 2.24. The normalized spacial score (nSPS) is 12.4. The number of fused-ring (bicyclic) bond motifs is 1. The maximum Gasteiger partial charge on any atom is 0.247 e. The Balaban J connectivity index is 1.79. The zero-order chi connectivity index (χ0) is 20.8. The standard InChI is InChI=1S/C27H22N2O/c1-2-27(22-13-4-3-5-14-22,19-18-23-15-8-9-20-28-23)26(30)29-25-17-10-12-21-11-6-7-16-24(21)25/h3-17,20H,2H2,1H3,(H,29,30)/t27-/m1/s1. The van der Waals surface area contributed by atoms with Crippen LogP contribution in [0.25, 0.3) is 10.8 Å². The lowest BCUT2D eigenvalue weighted by atomic mass is 9.77. The van der Waals surface area contributed by atoms with E-state index in [0.717, 1.165) is 22.0 Å². The molecule has 4 rings (SSSR count). The van der Waals surface area contributed by atoms with Gasteiger partial charge in [0.15, 0.2) is 0 Å². The molecule has 146 valence electrons. The SMILES string of the molecule is CC[C@](C#Cc1ccccn1)(C(=O)Nc1cccc2ccccc12)c1ccccc1. The van der Waals surface area contributed by atoms with Crippen LogP contribution in [0.4, 0.5) is 5.69 Å². The zero-order valence-corrected chi connectivity index (χ0v) is 16.8. The Labute approximate surface area is 176 Å². The van der Waals surface area contributed by atoms with E-state index >= 15 is 0 Å². The molecule has 1 N–H and O–H groups in total. The molecule has 0 fully saturated rings. The van der Waals surface area contributed by atoms with E-state index in [4.69, 9.17) is 0 Å². The van der Waals surface area contributed by atoms with E-state index < -0.39 is 5.41 Å². The first-order valence-corrected chi connectivity index (χ1v) is 10.0. The highest BCUT2D eigenvalue weighted by molar-refractivity contribution is 6.07. The van der Waals surface area contributed by atoms with E-state index in [1.807, 2.05) is 97.9 Å². The van der Waals surface area contributed by atoms with Gasteiger partial charge in [0.1, 0.15) is 11.1 Å². The van der Waals surface area contributed by atoms with Gasteiger partial charge in [-0.05, 0) is 41.5 Å². The lowest BCUT2D eigenvalue weighted by Crippen LogP contribution is -2.39. The third-order valence-corrected chi connectivity index (χ3v) is 5.29. The first-order chi connectivity index (χ1) is 14.7. The van der Waals surface area contributed by atoms with Crippen LogP contribution in [-0.2, 0) is 10.2 Å². The highest BCUT2D eigenvalue weighted by Crippen LogP contribution is 2.31. The van der Waals surface area contributed by atoms with Crippen molar-refractivity contribution in [1.82, 2.24) is 4.98 Å². The molecule has 4 aromatic rings. The van der Waals surface area contributed by atoms with Crippen LogP contribution in [0, 0.1) is 11.8 Å². The predicted octanol–water partition coefficient (Wildman–Crippen LogP) is 5.57. The van der Waals surface area contributed by atoms with Gasteiger partial charge < -0.3 is 5.32 Å². The molecule has 0 radical (unpaired) electrons. The van der Waals surface area contributed by atoms with Crippen molar-refractivity contribution in [2.45, 2.75) is 18.8 Å². The Morgan fingerprint density at radius 1 is 0.900 bits per heavy atom. The lowest BCUT2D eigenvalue weighted by molar-refractivity contribution is -0.119. The summed E-state index contributed by atoms with van der Waals surface area (Å²) in [6, 6.07) is 29.3. The maximum atomic E-state index is 13.7. The van der Waals surface area contributed by atoms with Gasteiger partial charge in [0.2, 0.25) is 5.91 Å². The molecule has 0 aliphatic carbocycles. The first-order valence-electron chi connectivity index (χ1n) is 10.0. The summed E-state index contributed by atoms with van der Waals surface area (Å²) in [5.41, 5.74) is 1.31. The van der Waals surface area contributed by atoms with Crippen LogP contribution in [0.15, 0.2) is 97.2 Å². The molecule has 0 bridgehead atoms. The number of carbonyl (C=O) groups excluding carboxylic acids is 1. The Hall–Kier alpha value is -3.90. The average Bonchev–Trinajstić information content (AvgIpc) is 2.81.